The summed E-state index contributed by atoms with van der Waals surface area (Å²) in [7, 11) is 0. The summed E-state index contributed by atoms with van der Waals surface area (Å²) < 4.78 is 13.7. The van der Waals surface area contributed by atoms with Crippen molar-refractivity contribution in [3.05, 3.63) is 47.3 Å². The summed E-state index contributed by atoms with van der Waals surface area (Å²) in [6.07, 6.45) is 3.76. The molecule has 5 nitrogen and oxygen atoms in total. The lowest BCUT2D eigenvalue weighted by molar-refractivity contribution is 0.0697. The number of rotatable bonds is 4. The minimum absolute atomic E-state index is 0.0353. The first-order valence-corrected chi connectivity index (χ1v) is 9.36. The highest BCUT2D eigenvalue weighted by atomic mass is 19.1. The fourth-order valence-corrected chi connectivity index (χ4v) is 4.00. The first-order valence-electron chi connectivity index (χ1n) is 9.36. The van der Waals surface area contributed by atoms with E-state index < -0.39 is 11.5 Å². The zero-order chi connectivity index (χ0) is 19.8. The fraction of sp³-hybridized carbons (Fsp3) is 0.429. The number of halogens is 1. The Labute approximate surface area is 159 Å². The van der Waals surface area contributed by atoms with Gasteiger partial charge in [-0.1, -0.05) is 13.0 Å². The van der Waals surface area contributed by atoms with Crippen molar-refractivity contribution in [1.29, 1.82) is 0 Å². The van der Waals surface area contributed by atoms with Gasteiger partial charge in [0.15, 0.2) is 0 Å². The van der Waals surface area contributed by atoms with Gasteiger partial charge in [0.05, 0.1) is 16.9 Å². The van der Waals surface area contributed by atoms with Crippen LogP contribution >= 0.6 is 0 Å². The van der Waals surface area contributed by atoms with Gasteiger partial charge in [-0.15, -0.1) is 0 Å². The van der Waals surface area contributed by atoms with E-state index in [4.69, 9.17) is 4.99 Å². The lowest BCUT2D eigenvalue weighted by Crippen LogP contribution is -2.55. The van der Waals surface area contributed by atoms with Crippen molar-refractivity contribution < 1.29 is 14.3 Å². The number of allylic oxidation sites excluding steroid dienone is 3. The molecule has 144 valence electrons. The fourth-order valence-electron chi connectivity index (χ4n) is 4.00. The van der Waals surface area contributed by atoms with Crippen molar-refractivity contribution in [2.75, 3.05) is 18.4 Å². The third-order valence-electron chi connectivity index (χ3n) is 5.42. The van der Waals surface area contributed by atoms with Crippen molar-refractivity contribution in [3.8, 4) is 0 Å². The summed E-state index contributed by atoms with van der Waals surface area (Å²) in [5.41, 5.74) is 2.07. The number of amidine groups is 1. The summed E-state index contributed by atoms with van der Waals surface area (Å²) in [6, 6.07) is 4.92. The van der Waals surface area contributed by atoms with Crippen LogP contribution in [0.4, 0.5) is 15.8 Å². The molecule has 0 fully saturated rings. The van der Waals surface area contributed by atoms with Crippen LogP contribution in [0.1, 0.15) is 44.5 Å². The van der Waals surface area contributed by atoms with Gasteiger partial charge in [-0.2, -0.15) is 0 Å². The number of likely N-dealkylation sites (N-methyl/N-ethyl adjacent to an activating group) is 1. The molecule has 0 bridgehead atoms. The van der Waals surface area contributed by atoms with Gasteiger partial charge in [0, 0.05) is 19.5 Å². The molecule has 0 radical (unpaired) electrons. The molecule has 6 heteroatoms. The molecular weight excluding hydrogens is 345 g/mol. The molecule has 2 atom stereocenters. The van der Waals surface area contributed by atoms with Gasteiger partial charge in [0.1, 0.15) is 17.2 Å². The third-order valence-corrected chi connectivity index (χ3v) is 5.42. The maximum atomic E-state index is 13.7. The predicted octanol–water partition coefficient (Wildman–Crippen LogP) is 4.76. The summed E-state index contributed by atoms with van der Waals surface area (Å²) in [4.78, 5) is 18.4. The van der Waals surface area contributed by atoms with Gasteiger partial charge in [-0.3, -0.25) is 0 Å². The molecular formula is C21H26FN3O2. The van der Waals surface area contributed by atoms with Crippen molar-refractivity contribution >= 4 is 23.2 Å². The van der Waals surface area contributed by atoms with Crippen LogP contribution in [0.2, 0.25) is 0 Å². The van der Waals surface area contributed by atoms with Crippen LogP contribution in [0.5, 0.6) is 0 Å². The van der Waals surface area contributed by atoms with Crippen molar-refractivity contribution in [2.24, 2.45) is 10.9 Å². The van der Waals surface area contributed by atoms with Gasteiger partial charge in [0.2, 0.25) is 0 Å². The van der Waals surface area contributed by atoms with E-state index in [1.165, 1.54) is 6.08 Å². The maximum Gasteiger partial charge on any atom is 0.335 e. The summed E-state index contributed by atoms with van der Waals surface area (Å²) in [5, 5.41) is 12.9. The molecule has 2 unspecified atom stereocenters. The number of hydrogen-bond acceptors (Lipinski definition) is 4. The number of nitrogens with one attached hydrogen (secondary N) is 1. The Morgan fingerprint density at radius 1 is 1.37 bits per heavy atom. The number of carbonyl (C=O) groups is 1. The second-order valence-corrected chi connectivity index (χ2v) is 7.24. The monoisotopic (exact) mass is 371 g/mol. The number of benzene rings is 1. The summed E-state index contributed by atoms with van der Waals surface area (Å²) >= 11 is 0. The molecule has 3 rings (SSSR count). The zero-order valence-corrected chi connectivity index (χ0v) is 16.2. The molecule has 1 aliphatic carbocycles. The Hall–Kier alpha value is -2.63. The number of carboxylic acid groups (broad SMARTS) is 1. The number of nitrogens with zero attached hydrogens (tertiary/aromatic N) is 2. The van der Waals surface area contributed by atoms with Crippen LogP contribution < -0.4 is 5.32 Å². The normalized spacial score (nSPS) is 24.2. The highest BCUT2D eigenvalue weighted by Crippen LogP contribution is 2.42. The first-order chi connectivity index (χ1) is 12.8. The van der Waals surface area contributed by atoms with Crippen molar-refractivity contribution in [3.63, 3.8) is 0 Å². The van der Waals surface area contributed by atoms with Crippen molar-refractivity contribution in [1.82, 2.24) is 4.90 Å². The summed E-state index contributed by atoms with van der Waals surface area (Å²) in [6.45, 7) is 9.76. The van der Waals surface area contributed by atoms with Gasteiger partial charge >= 0.3 is 5.97 Å². The lowest BCUT2D eigenvalue weighted by atomic mass is 9.77. The molecule has 2 N–H and O–H groups in total. The van der Waals surface area contributed by atoms with E-state index >= 15 is 0 Å². The molecule has 0 aromatic heterocycles. The largest absolute Gasteiger partial charge is 0.478 e. The standard InChI is InChI=1S/C21H26FN3O2/c1-5-25(6-2)20-21(4,16-9-8-15(22)11-13(16)3)24-17-10-7-14(19(26)27)12-18(17)23-20/h7-10,12-13,24H,5-6,11H2,1-4H3,(H,26,27). The Morgan fingerprint density at radius 3 is 2.67 bits per heavy atom. The van der Waals surface area contributed by atoms with Crippen LogP contribution in [0, 0.1) is 5.92 Å². The molecule has 0 saturated carbocycles. The Balaban J connectivity index is 2.17. The minimum atomic E-state index is -0.977. The van der Waals surface area contributed by atoms with Crippen LogP contribution in [-0.2, 0) is 0 Å². The first kappa shape index (κ1) is 19.1. The van der Waals surface area contributed by atoms with Gasteiger partial charge in [-0.25, -0.2) is 14.2 Å². The molecule has 1 aliphatic heterocycles. The van der Waals surface area contributed by atoms with E-state index in [1.54, 1.807) is 18.2 Å². The van der Waals surface area contributed by atoms with Crippen LogP contribution in [0.15, 0.2) is 46.7 Å². The number of carboxylic acids is 1. The molecule has 1 aromatic carbocycles. The van der Waals surface area contributed by atoms with E-state index in [9.17, 15) is 14.3 Å². The van der Waals surface area contributed by atoms with Crippen LogP contribution in [-0.4, -0.2) is 40.4 Å². The van der Waals surface area contributed by atoms with Crippen LogP contribution in [0.25, 0.3) is 0 Å². The molecule has 1 aromatic rings. The average Bonchev–Trinajstić information content (AvgIpc) is 2.62. The molecule has 1 heterocycles. The number of fused-ring (bicyclic) bond motifs is 1. The number of aliphatic imine (C=N–C) groups is 1. The second kappa shape index (κ2) is 7.18. The van der Waals surface area contributed by atoms with E-state index in [0.29, 0.717) is 12.1 Å². The Bertz CT molecular complexity index is 855. The maximum absolute atomic E-state index is 13.7. The third kappa shape index (κ3) is 3.36. The highest BCUT2D eigenvalue weighted by molar-refractivity contribution is 6.03. The van der Waals surface area contributed by atoms with E-state index in [1.807, 2.05) is 13.0 Å². The molecule has 0 spiro atoms. The Morgan fingerprint density at radius 2 is 2.07 bits per heavy atom. The number of hydrogen-bond donors (Lipinski definition) is 2. The van der Waals surface area contributed by atoms with Gasteiger partial charge < -0.3 is 15.3 Å². The molecule has 0 amide bonds. The highest BCUT2D eigenvalue weighted by Gasteiger charge is 2.42. The van der Waals surface area contributed by atoms with Crippen LogP contribution in [0.3, 0.4) is 0 Å². The van der Waals surface area contributed by atoms with Crippen molar-refractivity contribution in [2.45, 2.75) is 39.7 Å². The Kier molecular flexibility index (Phi) is 5.09. The van der Waals surface area contributed by atoms with E-state index in [0.717, 1.165) is 30.2 Å². The lowest BCUT2D eigenvalue weighted by Gasteiger charge is -2.45. The quantitative estimate of drug-likeness (QED) is 0.801. The van der Waals surface area contributed by atoms with E-state index in [-0.39, 0.29) is 17.3 Å². The second-order valence-electron chi connectivity index (χ2n) is 7.24. The number of anilines is 1. The number of aromatic carboxylic acids is 1. The molecule has 0 saturated heterocycles. The average molecular weight is 371 g/mol. The molecule has 27 heavy (non-hydrogen) atoms. The molecule has 2 aliphatic rings. The topological polar surface area (TPSA) is 64.9 Å². The van der Waals surface area contributed by atoms with Gasteiger partial charge in [-0.05, 0) is 56.5 Å². The predicted molar refractivity (Wildman–Crippen MR) is 107 cm³/mol. The van der Waals surface area contributed by atoms with Gasteiger partial charge in [0.25, 0.3) is 0 Å². The zero-order valence-electron chi connectivity index (χ0n) is 16.2. The minimum Gasteiger partial charge on any atom is -0.478 e. The smallest absolute Gasteiger partial charge is 0.335 e. The summed E-state index contributed by atoms with van der Waals surface area (Å²) in [5.74, 6) is -0.224. The SMILES string of the molecule is CCN(CC)C1=Nc2cc(C(=O)O)ccc2NC1(C)C1=CC=C(F)CC1C. The van der Waals surface area contributed by atoms with E-state index in [2.05, 4.69) is 31.0 Å².